The van der Waals surface area contributed by atoms with Crippen LogP contribution in [0.5, 0.6) is 0 Å². The van der Waals surface area contributed by atoms with E-state index in [1.165, 1.54) is 12.1 Å². The minimum absolute atomic E-state index is 0.180. The third kappa shape index (κ3) is 5.13. The van der Waals surface area contributed by atoms with E-state index in [1.54, 1.807) is 17.0 Å². The number of amides is 2. The van der Waals surface area contributed by atoms with Crippen LogP contribution in [0.15, 0.2) is 73.4 Å². The largest absolute Gasteiger partial charge is 0.345 e. The number of hydrogen-bond donors (Lipinski definition) is 1. The second-order valence-electron chi connectivity index (χ2n) is 7.12. The molecule has 0 saturated heterocycles. The van der Waals surface area contributed by atoms with E-state index >= 15 is 0 Å². The standard InChI is InChI=1S/C24H26FN3O/c1-4-13-28(24(29)26-23-18(2)8-5-9-19(23)3)17-22-12-7-14-27(22)16-20-10-6-11-21(25)15-20/h4-12,14-15H,1,13,16-17H2,2-3H3,(H,26,29). The molecular formula is C24H26FN3O. The lowest BCUT2D eigenvalue weighted by Gasteiger charge is -2.24. The van der Waals surface area contributed by atoms with Crippen LogP contribution in [0.3, 0.4) is 0 Å². The van der Waals surface area contributed by atoms with Crippen LogP contribution in [0, 0.1) is 19.7 Å². The van der Waals surface area contributed by atoms with Crippen LogP contribution < -0.4 is 5.32 Å². The van der Waals surface area contributed by atoms with Crippen molar-refractivity contribution in [1.82, 2.24) is 9.47 Å². The lowest BCUT2D eigenvalue weighted by molar-refractivity contribution is 0.214. The smallest absolute Gasteiger partial charge is 0.322 e. The molecule has 0 fully saturated rings. The maximum absolute atomic E-state index is 13.5. The monoisotopic (exact) mass is 391 g/mol. The predicted octanol–water partition coefficient (Wildman–Crippen LogP) is 5.51. The molecule has 3 rings (SSSR count). The molecule has 0 bridgehead atoms. The lowest BCUT2D eigenvalue weighted by atomic mass is 10.1. The summed E-state index contributed by atoms with van der Waals surface area (Å²) in [6.45, 7) is 9.12. The van der Waals surface area contributed by atoms with Gasteiger partial charge in [0, 0.05) is 30.7 Å². The number of aryl methyl sites for hydroxylation is 2. The molecule has 0 radical (unpaired) electrons. The summed E-state index contributed by atoms with van der Waals surface area (Å²) < 4.78 is 15.5. The molecule has 0 aliphatic heterocycles. The first-order chi connectivity index (χ1) is 14.0. The van der Waals surface area contributed by atoms with Crippen molar-refractivity contribution in [2.45, 2.75) is 26.9 Å². The van der Waals surface area contributed by atoms with Gasteiger partial charge in [-0.3, -0.25) is 0 Å². The van der Waals surface area contributed by atoms with Crippen LogP contribution in [0.2, 0.25) is 0 Å². The number of rotatable bonds is 7. The van der Waals surface area contributed by atoms with Crippen molar-refractivity contribution in [2.24, 2.45) is 0 Å². The summed E-state index contributed by atoms with van der Waals surface area (Å²) >= 11 is 0. The highest BCUT2D eigenvalue weighted by Crippen LogP contribution is 2.20. The van der Waals surface area contributed by atoms with E-state index in [0.717, 1.165) is 28.1 Å². The number of para-hydroxylation sites is 1. The van der Waals surface area contributed by atoms with E-state index in [-0.39, 0.29) is 11.8 Å². The predicted molar refractivity (Wildman–Crippen MR) is 115 cm³/mol. The number of anilines is 1. The molecule has 0 atom stereocenters. The first-order valence-electron chi connectivity index (χ1n) is 9.59. The molecule has 1 N–H and O–H groups in total. The maximum atomic E-state index is 13.5. The average Bonchev–Trinajstić information content (AvgIpc) is 3.11. The van der Waals surface area contributed by atoms with E-state index in [1.807, 2.05) is 61.0 Å². The maximum Gasteiger partial charge on any atom is 0.322 e. The molecular weight excluding hydrogens is 365 g/mol. The van der Waals surface area contributed by atoms with Crippen LogP contribution in [0.1, 0.15) is 22.4 Å². The molecule has 3 aromatic rings. The fourth-order valence-electron chi connectivity index (χ4n) is 3.35. The Labute approximate surface area is 171 Å². The second-order valence-corrected chi connectivity index (χ2v) is 7.12. The Hall–Kier alpha value is -3.34. The van der Waals surface area contributed by atoms with E-state index in [0.29, 0.717) is 19.6 Å². The number of carbonyl (C=O) groups excluding carboxylic acids is 1. The quantitative estimate of drug-likeness (QED) is 0.530. The third-order valence-electron chi connectivity index (χ3n) is 4.87. The van der Waals surface area contributed by atoms with Gasteiger partial charge in [0.2, 0.25) is 0 Å². The zero-order valence-electron chi connectivity index (χ0n) is 16.9. The Bertz CT molecular complexity index is 989. The number of aromatic nitrogens is 1. The lowest BCUT2D eigenvalue weighted by Crippen LogP contribution is -2.35. The molecule has 0 spiro atoms. The van der Waals surface area contributed by atoms with Crippen LogP contribution in [0.4, 0.5) is 14.9 Å². The van der Waals surface area contributed by atoms with E-state index in [4.69, 9.17) is 0 Å². The molecule has 150 valence electrons. The van der Waals surface area contributed by atoms with Crippen molar-refractivity contribution in [3.63, 3.8) is 0 Å². The molecule has 1 aromatic heterocycles. The van der Waals surface area contributed by atoms with Gasteiger partial charge in [0.25, 0.3) is 0 Å². The molecule has 2 aromatic carbocycles. The van der Waals surface area contributed by atoms with Gasteiger partial charge in [-0.25, -0.2) is 9.18 Å². The summed E-state index contributed by atoms with van der Waals surface area (Å²) in [6.07, 6.45) is 3.65. The van der Waals surface area contributed by atoms with Crippen LogP contribution in [-0.4, -0.2) is 22.0 Å². The van der Waals surface area contributed by atoms with Gasteiger partial charge in [-0.05, 0) is 54.8 Å². The molecule has 5 heteroatoms. The highest BCUT2D eigenvalue weighted by Gasteiger charge is 2.16. The highest BCUT2D eigenvalue weighted by molar-refractivity contribution is 5.91. The van der Waals surface area contributed by atoms with Gasteiger partial charge in [0.1, 0.15) is 5.82 Å². The van der Waals surface area contributed by atoms with Crippen molar-refractivity contribution >= 4 is 11.7 Å². The van der Waals surface area contributed by atoms with Crippen molar-refractivity contribution in [3.8, 4) is 0 Å². The summed E-state index contributed by atoms with van der Waals surface area (Å²) in [7, 11) is 0. The van der Waals surface area contributed by atoms with Gasteiger partial charge in [-0.2, -0.15) is 0 Å². The fraction of sp³-hybridized carbons (Fsp3) is 0.208. The molecule has 0 aliphatic carbocycles. The van der Waals surface area contributed by atoms with Crippen LogP contribution >= 0.6 is 0 Å². The van der Waals surface area contributed by atoms with E-state index < -0.39 is 0 Å². The molecule has 0 unspecified atom stereocenters. The Balaban J connectivity index is 1.76. The van der Waals surface area contributed by atoms with Gasteiger partial charge in [0.05, 0.1) is 6.54 Å². The third-order valence-corrected chi connectivity index (χ3v) is 4.87. The van der Waals surface area contributed by atoms with E-state index in [2.05, 4.69) is 11.9 Å². The number of nitrogens with zero attached hydrogens (tertiary/aromatic N) is 2. The SMILES string of the molecule is C=CCN(Cc1cccn1Cc1cccc(F)c1)C(=O)Nc1c(C)cccc1C. The summed E-state index contributed by atoms with van der Waals surface area (Å²) in [4.78, 5) is 14.7. The van der Waals surface area contributed by atoms with Gasteiger partial charge >= 0.3 is 6.03 Å². The zero-order valence-corrected chi connectivity index (χ0v) is 16.9. The first kappa shape index (κ1) is 20.4. The summed E-state index contributed by atoms with van der Waals surface area (Å²) in [6, 6.07) is 16.2. The zero-order chi connectivity index (χ0) is 20.8. The number of hydrogen-bond acceptors (Lipinski definition) is 1. The second kappa shape index (κ2) is 9.24. The minimum atomic E-state index is -0.252. The molecule has 0 aliphatic rings. The van der Waals surface area contributed by atoms with E-state index in [9.17, 15) is 9.18 Å². The first-order valence-corrected chi connectivity index (χ1v) is 9.59. The summed E-state index contributed by atoms with van der Waals surface area (Å²) in [5, 5.41) is 3.03. The fourth-order valence-corrected chi connectivity index (χ4v) is 3.35. The average molecular weight is 391 g/mol. The number of nitrogens with one attached hydrogen (secondary N) is 1. The Morgan fingerprint density at radius 2 is 1.86 bits per heavy atom. The highest BCUT2D eigenvalue weighted by atomic mass is 19.1. The summed E-state index contributed by atoms with van der Waals surface area (Å²) in [5.74, 6) is -0.252. The number of carbonyl (C=O) groups is 1. The van der Waals surface area contributed by atoms with Gasteiger partial charge < -0.3 is 14.8 Å². The summed E-state index contributed by atoms with van der Waals surface area (Å²) in [5.41, 5.74) is 4.71. The van der Waals surface area contributed by atoms with Gasteiger partial charge in [-0.1, -0.05) is 36.4 Å². The van der Waals surface area contributed by atoms with Crippen molar-refractivity contribution in [3.05, 3.63) is 102 Å². The van der Waals surface area contributed by atoms with Crippen molar-refractivity contribution < 1.29 is 9.18 Å². The van der Waals surface area contributed by atoms with Gasteiger partial charge in [0.15, 0.2) is 0 Å². The topological polar surface area (TPSA) is 37.3 Å². The Morgan fingerprint density at radius 3 is 2.55 bits per heavy atom. The normalized spacial score (nSPS) is 10.6. The number of benzene rings is 2. The van der Waals surface area contributed by atoms with Crippen molar-refractivity contribution in [2.75, 3.05) is 11.9 Å². The minimum Gasteiger partial charge on any atom is -0.345 e. The molecule has 0 saturated carbocycles. The number of halogens is 1. The Morgan fingerprint density at radius 1 is 1.14 bits per heavy atom. The number of urea groups is 1. The van der Waals surface area contributed by atoms with Gasteiger partial charge in [-0.15, -0.1) is 6.58 Å². The van der Waals surface area contributed by atoms with Crippen LogP contribution in [0.25, 0.3) is 0 Å². The van der Waals surface area contributed by atoms with Crippen LogP contribution in [-0.2, 0) is 13.1 Å². The molecule has 4 nitrogen and oxygen atoms in total. The molecule has 2 amide bonds. The van der Waals surface area contributed by atoms with Crippen molar-refractivity contribution in [1.29, 1.82) is 0 Å². The molecule has 1 heterocycles. The molecule has 29 heavy (non-hydrogen) atoms. The Kier molecular flexibility index (Phi) is 6.50.